The Balaban J connectivity index is 2.74. The van der Waals surface area contributed by atoms with E-state index in [1.807, 2.05) is 0 Å². The standard InChI is InChI=1S/C8H18NO6PS/c1-7(10)4-9(6-16(11,12)13)8-2-3-17(14,15)5-8/h7-8,10H,2-6H2,1H3,(H2,11,12,13). The van der Waals surface area contributed by atoms with E-state index in [2.05, 4.69) is 0 Å². The molecule has 0 aromatic heterocycles. The molecule has 9 heteroatoms. The van der Waals surface area contributed by atoms with E-state index in [4.69, 9.17) is 9.79 Å². The first kappa shape index (κ1) is 15.1. The maximum absolute atomic E-state index is 11.3. The van der Waals surface area contributed by atoms with Crippen molar-refractivity contribution >= 4 is 17.4 Å². The summed E-state index contributed by atoms with van der Waals surface area (Å²) in [5.74, 6) is -0.0607. The molecule has 1 aliphatic rings. The molecule has 0 aromatic carbocycles. The van der Waals surface area contributed by atoms with Gasteiger partial charge in [-0.2, -0.15) is 0 Å². The lowest BCUT2D eigenvalue weighted by atomic mass is 10.2. The molecule has 2 atom stereocenters. The van der Waals surface area contributed by atoms with Crippen LogP contribution in [0.5, 0.6) is 0 Å². The molecule has 102 valence electrons. The number of sulfone groups is 1. The van der Waals surface area contributed by atoms with Crippen molar-refractivity contribution in [2.75, 3.05) is 24.3 Å². The van der Waals surface area contributed by atoms with Crippen LogP contribution in [0, 0.1) is 0 Å². The quantitative estimate of drug-likeness (QED) is 0.555. The van der Waals surface area contributed by atoms with Crippen molar-refractivity contribution in [2.24, 2.45) is 0 Å². The highest BCUT2D eigenvalue weighted by Gasteiger charge is 2.35. The minimum Gasteiger partial charge on any atom is -0.392 e. The number of nitrogens with zero attached hydrogens (tertiary/aromatic N) is 1. The smallest absolute Gasteiger partial charge is 0.339 e. The van der Waals surface area contributed by atoms with Crippen molar-refractivity contribution in [2.45, 2.75) is 25.5 Å². The zero-order chi connectivity index (χ0) is 13.3. The van der Waals surface area contributed by atoms with E-state index < -0.39 is 35.9 Å². The second kappa shape index (κ2) is 5.34. The van der Waals surface area contributed by atoms with Crippen molar-refractivity contribution < 1.29 is 27.9 Å². The van der Waals surface area contributed by atoms with Crippen LogP contribution in [-0.2, 0) is 14.4 Å². The third-order valence-corrected chi connectivity index (χ3v) is 5.07. The largest absolute Gasteiger partial charge is 0.392 e. The summed E-state index contributed by atoms with van der Waals surface area (Å²) in [5.41, 5.74) is 0. The van der Waals surface area contributed by atoms with Gasteiger partial charge in [0.25, 0.3) is 0 Å². The molecule has 1 aliphatic heterocycles. The fraction of sp³-hybridized carbons (Fsp3) is 1.00. The van der Waals surface area contributed by atoms with Gasteiger partial charge >= 0.3 is 7.60 Å². The summed E-state index contributed by atoms with van der Waals surface area (Å²) >= 11 is 0. The molecule has 3 N–H and O–H groups in total. The van der Waals surface area contributed by atoms with Crippen LogP contribution in [0.1, 0.15) is 13.3 Å². The highest BCUT2D eigenvalue weighted by molar-refractivity contribution is 7.91. The first-order chi connectivity index (χ1) is 7.59. The third kappa shape index (κ3) is 5.46. The van der Waals surface area contributed by atoms with E-state index >= 15 is 0 Å². The number of hydrogen-bond acceptors (Lipinski definition) is 5. The van der Waals surface area contributed by atoms with Crippen LogP contribution in [0.15, 0.2) is 0 Å². The van der Waals surface area contributed by atoms with Crippen LogP contribution in [0.4, 0.5) is 0 Å². The fourth-order valence-electron chi connectivity index (χ4n) is 1.96. The van der Waals surface area contributed by atoms with Crippen molar-refractivity contribution in [3.05, 3.63) is 0 Å². The van der Waals surface area contributed by atoms with Gasteiger partial charge in [0.1, 0.15) is 6.29 Å². The molecular weight excluding hydrogens is 269 g/mol. The maximum atomic E-state index is 11.3. The molecular formula is C8H18NO6PS. The van der Waals surface area contributed by atoms with Gasteiger partial charge in [-0.1, -0.05) is 0 Å². The summed E-state index contributed by atoms with van der Waals surface area (Å²) < 4.78 is 33.6. The van der Waals surface area contributed by atoms with E-state index in [1.165, 1.54) is 11.8 Å². The summed E-state index contributed by atoms with van der Waals surface area (Å²) in [6.07, 6.45) is -0.919. The Kier molecular flexibility index (Phi) is 4.73. The Morgan fingerprint density at radius 2 is 2.06 bits per heavy atom. The second-order valence-corrected chi connectivity index (χ2v) is 8.32. The molecule has 0 amide bonds. The van der Waals surface area contributed by atoms with Gasteiger partial charge in [0.05, 0.1) is 17.6 Å². The molecule has 7 nitrogen and oxygen atoms in total. The predicted octanol–water partition coefficient (Wildman–Crippen LogP) is -1.01. The summed E-state index contributed by atoms with van der Waals surface area (Å²) in [6.45, 7) is 1.56. The van der Waals surface area contributed by atoms with Gasteiger partial charge in [0.2, 0.25) is 0 Å². The lowest BCUT2D eigenvalue weighted by Gasteiger charge is -2.29. The highest BCUT2D eigenvalue weighted by Crippen LogP contribution is 2.37. The maximum Gasteiger partial charge on any atom is 0.339 e. The number of aliphatic hydroxyl groups is 1. The average molecular weight is 287 g/mol. The normalized spacial score (nSPS) is 26.3. The van der Waals surface area contributed by atoms with Gasteiger partial charge in [-0.3, -0.25) is 9.46 Å². The van der Waals surface area contributed by atoms with Gasteiger partial charge in [-0.15, -0.1) is 0 Å². The Labute approximate surface area is 101 Å². The van der Waals surface area contributed by atoms with Crippen LogP contribution in [-0.4, -0.2) is 64.7 Å². The lowest BCUT2D eigenvalue weighted by molar-refractivity contribution is 0.113. The number of rotatable bonds is 5. The van der Waals surface area contributed by atoms with Gasteiger partial charge < -0.3 is 14.9 Å². The SMILES string of the molecule is CC(O)CN(CP(=O)(O)O)C1CCS(=O)(=O)C1. The minimum absolute atomic E-state index is 0.0368. The highest BCUT2D eigenvalue weighted by atomic mass is 32.2. The molecule has 0 aliphatic carbocycles. The lowest BCUT2D eigenvalue weighted by Crippen LogP contribution is -2.41. The fourth-order valence-corrected chi connectivity index (χ4v) is 4.54. The molecule has 0 radical (unpaired) electrons. The van der Waals surface area contributed by atoms with Crippen molar-refractivity contribution in [1.29, 1.82) is 0 Å². The van der Waals surface area contributed by atoms with E-state index in [0.717, 1.165) is 0 Å². The molecule has 1 fully saturated rings. The number of hydrogen-bond donors (Lipinski definition) is 3. The molecule has 1 rings (SSSR count). The summed E-state index contributed by atoms with van der Waals surface area (Å²) in [6, 6.07) is -0.415. The van der Waals surface area contributed by atoms with E-state index in [9.17, 15) is 18.1 Å². The van der Waals surface area contributed by atoms with Gasteiger partial charge in [0.15, 0.2) is 9.84 Å². The first-order valence-electron chi connectivity index (χ1n) is 5.26. The molecule has 1 saturated heterocycles. The average Bonchev–Trinajstić information content (AvgIpc) is 2.41. The van der Waals surface area contributed by atoms with Gasteiger partial charge in [-0.25, -0.2) is 8.42 Å². The molecule has 2 unspecified atom stereocenters. The van der Waals surface area contributed by atoms with Crippen LogP contribution >= 0.6 is 7.60 Å². The summed E-state index contributed by atoms with van der Waals surface area (Å²) in [4.78, 5) is 19.2. The van der Waals surface area contributed by atoms with Crippen molar-refractivity contribution in [1.82, 2.24) is 4.90 Å². The second-order valence-electron chi connectivity index (χ2n) is 4.48. The monoisotopic (exact) mass is 287 g/mol. The predicted molar refractivity (Wildman–Crippen MR) is 62.4 cm³/mol. The Bertz CT molecular complexity index is 402. The molecule has 0 spiro atoms. The number of aliphatic hydroxyl groups excluding tert-OH is 1. The van der Waals surface area contributed by atoms with Crippen LogP contribution < -0.4 is 0 Å². The van der Waals surface area contributed by atoms with Gasteiger partial charge in [0, 0.05) is 12.6 Å². The Morgan fingerprint density at radius 1 is 1.47 bits per heavy atom. The minimum atomic E-state index is -4.25. The summed E-state index contributed by atoms with van der Waals surface area (Å²) in [7, 11) is -7.36. The van der Waals surface area contributed by atoms with Crippen molar-refractivity contribution in [3.8, 4) is 0 Å². The molecule has 0 bridgehead atoms. The topological polar surface area (TPSA) is 115 Å². The summed E-state index contributed by atoms with van der Waals surface area (Å²) in [5, 5.41) is 9.27. The van der Waals surface area contributed by atoms with Crippen LogP contribution in [0.2, 0.25) is 0 Å². The zero-order valence-corrected chi connectivity index (χ0v) is 11.3. The van der Waals surface area contributed by atoms with Crippen molar-refractivity contribution in [3.63, 3.8) is 0 Å². The molecule has 1 heterocycles. The van der Waals surface area contributed by atoms with Crippen LogP contribution in [0.3, 0.4) is 0 Å². The zero-order valence-electron chi connectivity index (χ0n) is 9.56. The van der Waals surface area contributed by atoms with E-state index in [0.29, 0.717) is 6.42 Å². The van der Waals surface area contributed by atoms with Crippen LogP contribution in [0.25, 0.3) is 0 Å². The van der Waals surface area contributed by atoms with E-state index in [1.54, 1.807) is 0 Å². The van der Waals surface area contributed by atoms with Gasteiger partial charge in [-0.05, 0) is 13.3 Å². The molecule has 0 aromatic rings. The Morgan fingerprint density at radius 3 is 2.41 bits per heavy atom. The first-order valence-corrected chi connectivity index (χ1v) is 8.88. The van der Waals surface area contributed by atoms with E-state index in [-0.39, 0.29) is 18.1 Å². The Hall–Kier alpha value is 0.0200. The molecule has 17 heavy (non-hydrogen) atoms. The molecule has 0 saturated carbocycles. The third-order valence-electron chi connectivity index (χ3n) is 2.59.